The van der Waals surface area contributed by atoms with E-state index in [0.717, 1.165) is 6.42 Å². The SMILES string of the molecule is CC(C)(C)OC(=O)N1CCC(Nc2ccc(OC(F)(F)F)cc2)C1. The van der Waals surface area contributed by atoms with Gasteiger partial charge in [-0.2, -0.15) is 0 Å². The van der Waals surface area contributed by atoms with Gasteiger partial charge >= 0.3 is 12.5 Å². The van der Waals surface area contributed by atoms with E-state index in [0.29, 0.717) is 18.8 Å². The predicted octanol–water partition coefficient (Wildman–Crippen LogP) is 4.01. The molecule has 1 heterocycles. The number of anilines is 1. The van der Waals surface area contributed by atoms with Crippen LogP contribution in [0.25, 0.3) is 0 Å². The van der Waals surface area contributed by atoms with E-state index in [1.807, 2.05) is 0 Å². The van der Waals surface area contributed by atoms with Gasteiger partial charge in [-0.1, -0.05) is 0 Å². The van der Waals surface area contributed by atoms with Crippen LogP contribution in [-0.4, -0.2) is 42.1 Å². The maximum absolute atomic E-state index is 12.1. The molecule has 1 saturated heterocycles. The number of likely N-dealkylation sites (tertiary alicyclic amines) is 1. The zero-order chi connectivity index (χ0) is 18.0. The summed E-state index contributed by atoms with van der Waals surface area (Å²) in [5, 5.41) is 3.19. The minimum atomic E-state index is -4.70. The number of amides is 1. The Bertz CT molecular complexity index is 567. The minimum absolute atomic E-state index is 0.0203. The Labute approximate surface area is 138 Å². The molecule has 1 atom stereocenters. The van der Waals surface area contributed by atoms with Crippen LogP contribution in [0, 0.1) is 0 Å². The predicted molar refractivity (Wildman–Crippen MR) is 83.0 cm³/mol. The van der Waals surface area contributed by atoms with Gasteiger partial charge in [-0.15, -0.1) is 13.2 Å². The molecule has 8 heteroatoms. The molecule has 0 aromatic heterocycles. The fraction of sp³-hybridized carbons (Fsp3) is 0.562. The van der Waals surface area contributed by atoms with Gasteiger partial charge < -0.3 is 19.7 Å². The third-order valence-electron chi connectivity index (χ3n) is 3.30. The number of nitrogens with zero attached hydrogens (tertiary/aromatic N) is 1. The number of benzene rings is 1. The van der Waals surface area contributed by atoms with Crippen LogP contribution in [0.4, 0.5) is 23.7 Å². The topological polar surface area (TPSA) is 50.8 Å². The molecule has 0 aliphatic carbocycles. The van der Waals surface area contributed by atoms with Crippen LogP contribution in [0.5, 0.6) is 5.75 Å². The molecule has 0 saturated carbocycles. The number of halogens is 3. The van der Waals surface area contributed by atoms with Gasteiger partial charge in [-0.05, 0) is 51.5 Å². The molecule has 0 bridgehead atoms. The normalized spacial score (nSPS) is 18.4. The first kappa shape index (κ1) is 18.2. The first-order valence-corrected chi connectivity index (χ1v) is 7.62. The van der Waals surface area contributed by atoms with Crippen LogP contribution in [0.2, 0.25) is 0 Å². The molecule has 24 heavy (non-hydrogen) atoms. The summed E-state index contributed by atoms with van der Waals surface area (Å²) in [7, 11) is 0. The third kappa shape index (κ3) is 5.82. The van der Waals surface area contributed by atoms with Crippen molar-refractivity contribution in [2.75, 3.05) is 18.4 Å². The van der Waals surface area contributed by atoms with Crippen molar-refractivity contribution in [1.29, 1.82) is 0 Å². The van der Waals surface area contributed by atoms with E-state index in [1.165, 1.54) is 24.3 Å². The van der Waals surface area contributed by atoms with Gasteiger partial charge in [0.05, 0.1) is 0 Å². The van der Waals surface area contributed by atoms with Gasteiger partial charge in [0.1, 0.15) is 11.4 Å². The molecule has 1 N–H and O–H groups in total. The van der Waals surface area contributed by atoms with Gasteiger partial charge in [0.25, 0.3) is 0 Å². The molecular weight excluding hydrogens is 325 g/mol. The van der Waals surface area contributed by atoms with Crippen molar-refractivity contribution in [2.45, 2.75) is 45.2 Å². The summed E-state index contributed by atoms with van der Waals surface area (Å²) in [6, 6.07) is 5.54. The Morgan fingerprint density at radius 2 is 1.83 bits per heavy atom. The molecule has 0 radical (unpaired) electrons. The molecule has 2 rings (SSSR count). The first-order chi connectivity index (χ1) is 11.0. The molecular formula is C16H21F3N2O3. The number of hydrogen-bond acceptors (Lipinski definition) is 4. The number of carbonyl (C=O) groups excluding carboxylic acids is 1. The zero-order valence-electron chi connectivity index (χ0n) is 13.8. The van der Waals surface area contributed by atoms with E-state index in [1.54, 1.807) is 25.7 Å². The van der Waals surface area contributed by atoms with E-state index in [4.69, 9.17) is 4.74 Å². The average Bonchev–Trinajstić information content (AvgIpc) is 2.86. The van der Waals surface area contributed by atoms with Gasteiger partial charge in [-0.3, -0.25) is 0 Å². The molecule has 0 spiro atoms. The second kappa shape index (κ2) is 6.78. The smallest absolute Gasteiger partial charge is 0.444 e. The largest absolute Gasteiger partial charge is 0.573 e. The van der Waals surface area contributed by atoms with Crippen molar-refractivity contribution in [3.05, 3.63) is 24.3 Å². The van der Waals surface area contributed by atoms with Crippen molar-refractivity contribution < 1.29 is 27.4 Å². The van der Waals surface area contributed by atoms with E-state index in [9.17, 15) is 18.0 Å². The molecule has 1 amide bonds. The molecule has 1 unspecified atom stereocenters. The maximum atomic E-state index is 12.1. The Balaban J connectivity index is 1.86. The fourth-order valence-electron chi connectivity index (χ4n) is 2.36. The molecule has 1 aliphatic rings. The van der Waals surface area contributed by atoms with Crippen LogP contribution < -0.4 is 10.1 Å². The lowest BCUT2D eigenvalue weighted by atomic mass is 10.2. The second-order valence-electron chi connectivity index (χ2n) is 6.63. The lowest BCUT2D eigenvalue weighted by Gasteiger charge is -2.24. The lowest BCUT2D eigenvalue weighted by Crippen LogP contribution is -2.36. The summed E-state index contributed by atoms with van der Waals surface area (Å²) in [5.41, 5.74) is 0.122. The maximum Gasteiger partial charge on any atom is 0.573 e. The standard InChI is InChI=1S/C16H21F3N2O3/c1-15(2,3)24-14(22)21-9-8-12(10-21)20-11-4-6-13(7-5-11)23-16(17,18)19/h4-7,12,20H,8-10H2,1-3H3. The summed E-state index contributed by atoms with van der Waals surface area (Å²) >= 11 is 0. The minimum Gasteiger partial charge on any atom is -0.444 e. The average molecular weight is 346 g/mol. The van der Waals surface area contributed by atoms with E-state index in [-0.39, 0.29) is 17.9 Å². The van der Waals surface area contributed by atoms with Gasteiger partial charge in [0.2, 0.25) is 0 Å². The van der Waals surface area contributed by atoms with Crippen LogP contribution in [0.1, 0.15) is 27.2 Å². The van der Waals surface area contributed by atoms with E-state index < -0.39 is 12.0 Å². The van der Waals surface area contributed by atoms with Crippen LogP contribution in [-0.2, 0) is 4.74 Å². The van der Waals surface area contributed by atoms with Gasteiger partial charge in [0, 0.05) is 24.8 Å². The number of ether oxygens (including phenoxy) is 2. The van der Waals surface area contributed by atoms with Gasteiger partial charge in [-0.25, -0.2) is 4.79 Å². The zero-order valence-corrected chi connectivity index (χ0v) is 13.8. The van der Waals surface area contributed by atoms with Gasteiger partial charge in [0.15, 0.2) is 0 Å². The van der Waals surface area contributed by atoms with Crippen molar-refractivity contribution in [1.82, 2.24) is 4.90 Å². The van der Waals surface area contributed by atoms with E-state index >= 15 is 0 Å². The molecule has 1 fully saturated rings. The highest BCUT2D eigenvalue weighted by molar-refractivity contribution is 5.68. The highest BCUT2D eigenvalue weighted by Crippen LogP contribution is 2.25. The van der Waals surface area contributed by atoms with Crippen molar-refractivity contribution in [2.24, 2.45) is 0 Å². The Morgan fingerprint density at radius 3 is 2.38 bits per heavy atom. The molecule has 5 nitrogen and oxygen atoms in total. The van der Waals surface area contributed by atoms with Crippen molar-refractivity contribution >= 4 is 11.8 Å². The van der Waals surface area contributed by atoms with Crippen LogP contribution in [0.3, 0.4) is 0 Å². The molecule has 1 aliphatic heterocycles. The third-order valence-corrected chi connectivity index (χ3v) is 3.30. The number of hydrogen-bond donors (Lipinski definition) is 1. The lowest BCUT2D eigenvalue weighted by molar-refractivity contribution is -0.274. The monoisotopic (exact) mass is 346 g/mol. The Morgan fingerprint density at radius 1 is 1.21 bits per heavy atom. The summed E-state index contributed by atoms with van der Waals surface area (Å²) in [6.07, 6.45) is -4.32. The summed E-state index contributed by atoms with van der Waals surface area (Å²) < 4.78 is 45.5. The fourth-order valence-corrected chi connectivity index (χ4v) is 2.36. The summed E-state index contributed by atoms with van der Waals surface area (Å²) in [4.78, 5) is 13.6. The highest BCUT2D eigenvalue weighted by Gasteiger charge is 2.31. The van der Waals surface area contributed by atoms with Crippen molar-refractivity contribution in [3.8, 4) is 5.75 Å². The summed E-state index contributed by atoms with van der Waals surface area (Å²) in [5.74, 6) is -0.269. The summed E-state index contributed by atoms with van der Waals surface area (Å²) in [6.45, 7) is 6.47. The molecule has 1 aromatic rings. The first-order valence-electron chi connectivity index (χ1n) is 7.62. The number of alkyl halides is 3. The quantitative estimate of drug-likeness (QED) is 0.899. The molecule has 1 aromatic carbocycles. The highest BCUT2D eigenvalue weighted by atomic mass is 19.4. The Hall–Kier alpha value is -2.12. The van der Waals surface area contributed by atoms with Crippen LogP contribution in [0.15, 0.2) is 24.3 Å². The van der Waals surface area contributed by atoms with E-state index in [2.05, 4.69) is 10.1 Å². The number of nitrogens with one attached hydrogen (secondary N) is 1. The Kier molecular flexibility index (Phi) is 5.15. The van der Waals surface area contributed by atoms with Crippen LogP contribution >= 0.6 is 0 Å². The van der Waals surface area contributed by atoms with Crippen molar-refractivity contribution in [3.63, 3.8) is 0 Å². The molecule has 134 valence electrons. The number of rotatable bonds is 3. The second-order valence-corrected chi connectivity index (χ2v) is 6.63. The number of carbonyl (C=O) groups is 1.